The molecule has 0 aromatic heterocycles. The Morgan fingerprint density at radius 2 is 1.90 bits per heavy atom. The minimum absolute atomic E-state index is 0.184. The van der Waals surface area contributed by atoms with E-state index < -0.39 is 5.60 Å². The third-order valence-corrected chi connectivity index (χ3v) is 4.19. The van der Waals surface area contributed by atoms with Gasteiger partial charge in [0.1, 0.15) is 5.84 Å². The number of fused-ring (bicyclic) bond motifs is 1. The van der Waals surface area contributed by atoms with Crippen LogP contribution in [0.1, 0.15) is 22.3 Å². The van der Waals surface area contributed by atoms with Crippen molar-refractivity contribution in [3.05, 3.63) is 63.7 Å². The molecule has 3 nitrogen and oxygen atoms in total. The quantitative estimate of drug-likeness (QED) is 0.846. The molecule has 0 saturated carbocycles. The van der Waals surface area contributed by atoms with E-state index in [-0.39, 0.29) is 5.84 Å². The van der Waals surface area contributed by atoms with Gasteiger partial charge >= 0.3 is 0 Å². The molecule has 1 atom stereocenters. The fraction of sp³-hybridized carbons (Fsp3) is 0.188. The third kappa shape index (κ3) is 1.67. The molecule has 0 spiro atoms. The number of nitrogens with zero attached hydrogens (tertiary/aromatic N) is 1. The molecule has 0 amide bonds. The molecule has 0 fully saturated rings. The van der Waals surface area contributed by atoms with Crippen LogP contribution in [0.5, 0.6) is 0 Å². The topological polar surface area (TPSA) is 58.6 Å². The summed E-state index contributed by atoms with van der Waals surface area (Å²) in [5.41, 5.74) is 8.76. The second-order valence-electron chi connectivity index (χ2n) is 5.12. The molecule has 2 aromatic rings. The molecule has 1 aliphatic heterocycles. The first kappa shape index (κ1) is 13.2. The van der Waals surface area contributed by atoms with Gasteiger partial charge in [-0.1, -0.05) is 29.8 Å². The van der Waals surface area contributed by atoms with Crippen molar-refractivity contribution in [2.45, 2.75) is 19.4 Å². The number of amidine groups is 1. The van der Waals surface area contributed by atoms with Gasteiger partial charge in [-0.25, -0.2) is 4.99 Å². The Balaban J connectivity index is 2.31. The van der Waals surface area contributed by atoms with Crippen LogP contribution in [0.4, 0.5) is 5.69 Å². The highest BCUT2D eigenvalue weighted by molar-refractivity contribution is 6.30. The zero-order chi connectivity index (χ0) is 14.5. The highest BCUT2D eigenvalue weighted by atomic mass is 35.5. The summed E-state index contributed by atoms with van der Waals surface area (Å²) in [5.74, 6) is 0.184. The Morgan fingerprint density at radius 1 is 1.15 bits per heavy atom. The first-order valence-electron chi connectivity index (χ1n) is 6.38. The predicted molar refractivity (Wildman–Crippen MR) is 81.6 cm³/mol. The molecule has 0 saturated heterocycles. The van der Waals surface area contributed by atoms with Crippen molar-refractivity contribution in [3.8, 4) is 0 Å². The molecule has 20 heavy (non-hydrogen) atoms. The molecule has 1 aliphatic rings. The Labute approximate surface area is 122 Å². The van der Waals surface area contributed by atoms with Crippen LogP contribution in [0.3, 0.4) is 0 Å². The summed E-state index contributed by atoms with van der Waals surface area (Å²) in [7, 11) is 0. The summed E-state index contributed by atoms with van der Waals surface area (Å²) in [6.07, 6.45) is 0. The van der Waals surface area contributed by atoms with Crippen molar-refractivity contribution in [2.75, 3.05) is 0 Å². The zero-order valence-electron chi connectivity index (χ0n) is 11.3. The molecule has 2 aromatic carbocycles. The molecule has 0 bridgehead atoms. The maximum absolute atomic E-state index is 11.2. The van der Waals surface area contributed by atoms with Gasteiger partial charge in [0.15, 0.2) is 5.60 Å². The predicted octanol–water partition coefficient (Wildman–Crippen LogP) is 3.20. The van der Waals surface area contributed by atoms with Crippen LogP contribution in [-0.2, 0) is 5.60 Å². The minimum atomic E-state index is -1.41. The van der Waals surface area contributed by atoms with Crippen LogP contribution in [0.15, 0.2) is 41.4 Å². The Kier molecular flexibility index (Phi) is 2.85. The highest BCUT2D eigenvalue weighted by Gasteiger charge is 2.43. The number of rotatable bonds is 1. The minimum Gasteiger partial charge on any atom is -0.384 e. The largest absolute Gasteiger partial charge is 0.384 e. The van der Waals surface area contributed by atoms with Gasteiger partial charge in [0.25, 0.3) is 0 Å². The Bertz CT molecular complexity index is 739. The third-order valence-electron chi connectivity index (χ3n) is 3.95. The van der Waals surface area contributed by atoms with E-state index in [1.54, 1.807) is 18.2 Å². The number of nitrogens with two attached hydrogens (primary N) is 1. The van der Waals surface area contributed by atoms with E-state index >= 15 is 0 Å². The molecule has 0 aliphatic carbocycles. The number of aliphatic hydroxyl groups is 1. The lowest BCUT2D eigenvalue weighted by Crippen LogP contribution is -2.40. The molecular weight excluding hydrogens is 272 g/mol. The fourth-order valence-electron chi connectivity index (χ4n) is 2.67. The first-order valence-corrected chi connectivity index (χ1v) is 6.76. The summed E-state index contributed by atoms with van der Waals surface area (Å²) in [6.45, 7) is 3.97. The standard InChI is InChI=1S/C16H15ClN2O/c1-9-4-3-5-12(10(9)2)16(20)13-8-11(17)6-7-14(13)19-15(16)18/h3-8,20H,1-2H3,(H2,18,19). The molecule has 3 N–H and O–H groups in total. The molecule has 3 rings (SSSR count). The van der Waals surface area contributed by atoms with E-state index in [0.29, 0.717) is 16.3 Å². The smallest absolute Gasteiger partial charge is 0.174 e. The molecule has 0 radical (unpaired) electrons. The number of benzene rings is 2. The summed E-state index contributed by atoms with van der Waals surface area (Å²) in [5, 5.41) is 11.8. The van der Waals surface area contributed by atoms with Gasteiger partial charge in [-0.15, -0.1) is 0 Å². The van der Waals surface area contributed by atoms with Crippen LogP contribution >= 0.6 is 11.6 Å². The molecule has 4 heteroatoms. The molecular formula is C16H15ClN2O. The van der Waals surface area contributed by atoms with Gasteiger partial charge in [-0.2, -0.15) is 0 Å². The zero-order valence-corrected chi connectivity index (χ0v) is 12.1. The van der Waals surface area contributed by atoms with Crippen molar-refractivity contribution in [1.29, 1.82) is 0 Å². The van der Waals surface area contributed by atoms with E-state index in [9.17, 15) is 5.11 Å². The van der Waals surface area contributed by atoms with Gasteiger partial charge in [0, 0.05) is 10.6 Å². The van der Waals surface area contributed by atoms with Gasteiger partial charge in [0.2, 0.25) is 0 Å². The fourth-order valence-corrected chi connectivity index (χ4v) is 2.84. The van der Waals surface area contributed by atoms with Crippen LogP contribution in [0.25, 0.3) is 0 Å². The van der Waals surface area contributed by atoms with Crippen LogP contribution in [0, 0.1) is 13.8 Å². The number of aliphatic imine (C=N–C) groups is 1. The lowest BCUT2D eigenvalue weighted by Gasteiger charge is -2.27. The number of hydrogen-bond donors (Lipinski definition) is 2. The summed E-state index contributed by atoms with van der Waals surface area (Å²) in [6, 6.07) is 11.0. The molecule has 1 unspecified atom stereocenters. The normalized spacial score (nSPS) is 20.7. The summed E-state index contributed by atoms with van der Waals surface area (Å²) >= 11 is 6.05. The van der Waals surface area contributed by atoms with Gasteiger partial charge in [0.05, 0.1) is 5.69 Å². The summed E-state index contributed by atoms with van der Waals surface area (Å²) < 4.78 is 0. The molecule has 1 heterocycles. The highest BCUT2D eigenvalue weighted by Crippen LogP contribution is 2.44. The van der Waals surface area contributed by atoms with Crippen LogP contribution in [-0.4, -0.2) is 10.9 Å². The van der Waals surface area contributed by atoms with E-state index in [1.807, 2.05) is 32.0 Å². The average Bonchev–Trinajstić information content (AvgIpc) is 2.66. The van der Waals surface area contributed by atoms with Crippen molar-refractivity contribution in [2.24, 2.45) is 10.7 Å². The van der Waals surface area contributed by atoms with Gasteiger partial charge in [-0.3, -0.25) is 0 Å². The number of hydrogen-bond acceptors (Lipinski definition) is 3. The lowest BCUT2D eigenvalue weighted by atomic mass is 9.83. The van der Waals surface area contributed by atoms with E-state index in [2.05, 4.69) is 4.99 Å². The Hall–Kier alpha value is -1.84. The Morgan fingerprint density at radius 3 is 2.65 bits per heavy atom. The maximum Gasteiger partial charge on any atom is 0.174 e. The first-order chi connectivity index (χ1) is 9.44. The second-order valence-corrected chi connectivity index (χ2v) is 5.55. The van der Waals surface area contributed by atoms with Crippen LogP contribution in [0.2, 0.25) is 5.02 Å². The van der Waals surface area contributed by atoms with Crippen molar-refractivity contribution >= 4 is 23.1 Å². The number of halogens is 1. The van der Waals surface area contributed by atoms with Gasteiger partial charge in [-0.05, 0) is 48.7 Å². The average molecular weight is 287 g/mol. The van der Waals surface area contributed by atoms with E-state index in [1.165, 1.54) is 0 Å². The van der Waals surface area contributed by atoms with Gasteiger partial charge < -0.3 is 10.8 Å². The van der Waals surface area contributed by atoms with E-state index in [0.717, 1.165) is 16.7 Å². The van der Waals surface area contributed by atoms with Crippen molar-refractivity contribution in [1.82, 2.24) is 0 Å². The maximum atomic E-state index is 11.2. The summed E-state index contributed by atoms with van der Waals surface area (Å²) in [4.78, 5) is 4.28. The lowest BCUT2D eigenvalue weighted by molar-refractivity contribution is 0.158. The van der Waals surface area contributed by atoms with Crippen LogP contribution < -0.4 is 5.73 Å². The second kappa shape index (κ2) is 4.33. The molecule has 102 valence electrons. The van der Waals surface area contributed by atoms with E-state index in [4.69, 9.17) is 17.3 Å². The number of aryl methyl sites for hydroxylation is 1. The SMILES string of the molecule is Cc1cccc(C2(O)C(N)=Nc3ccc(Cl)cc32)c1C. The van der Waals surface area contributed by atoms with Crippen molar-refractivity contribution < 1.29 is 5.11 Å². The monoisotopic (exact) mass is 286 g/mol. The van der Waals surface area contributed by atoms with Crippen molar-refractivity contribution in [3.63, 3.8) is 0 Å².